The van der Waals surface area contributed by atoms with Crippen molar-refractivity contribution in [1.29, 1.82) is 0 Å². The number of aromatic amines is 1. The summed E-state index contributed by atoms with van der Waals surface area (Å²) >= 11 is 0. The zero-order valence-corrected chi connectivity index (χ0v) is 10.8. The van der Waals surface area contributed by atoms with Gasteiger partial charge in [0.2, 0.25) is 10.0 Å². The number of nitrogens with zero attached hydrogens (tertiary/aromatic N) is 1. The summed E-state index contributed by atoms with van der Waals surface area (Å²) in [6.07, 6.45) is 0. The molecule has 0 radical (unpaired) electrons. The summed E-state index contributed by atoms with van der Waals surface area (Å²) in [6.45, 7) is 4.67. The Morgan fingerprint density at radius 2 is 2.12 bits per heavy atom. The molecule has 0 unspecified atom stereocenters. The van der Waals surface area contributed by atoms with E-state index in [1.165, 1.54) is 0 Å². The van der Waals surface area contributed by atoms with Crippen LogP contribution in [0.3, 0.4) is 0 Å². The van der Waals surface area contributed by atoms with Crippen molar-refractivity contribution in [3.8, 4) is 0 Å². The fourth-order valence-electron chi connectivity index (χ4n) is 1.44. The molecule has 0 saturated carbocycles. The topological polar surface area (TPSA) is 110 Å². The lowest BCUT2D eigenvalue weighted by molar-refractivity contribution is 0.147. The molecule has 1 heterocycles. The molecule has 4 N–H and O–H groups in total. The quantitative estimate of drug-likeness (QED) is 0.562. The Hall–Kier alpha value is -0.960. The highest BCUT2D eigenvalue weighted by Crippen LogP contribution is 2.15. The summed E-state index contributed by atoms with van der Waals surface area (Å²) in [4.78, 5) is 0.205. The second-order valence-electron chi connectivity index (χ2n) is 3.56. The van der Waals surface area contributed by atoms with Gasteiger partial charge in [-0.1, -0.05) is 0 Å². The van der Waals surface area contributed by atoms with Crippen molar-refractivity contribution in [2.75, 3.05) is 26.3 Å². The van der Waals surface area contributed by atoms with E-state index in [-0.39, 0.29) is 11.4 Å². The van der Waals surface area contributed by atoms with Crippen LogP contribution in [0.1, 0.15) is 11.4 Å². The largest absolute Gasteiger partial charge is 0.379 e. The normalized spacial score (nSPS) is 11.9. The van der Waals surface area contributed by atoms with Crippen LogP contribution < -0.4 is 10.5 Å². The molecule has 0 aliphatic heterocycles. The van der Waals surface area contributed by atoms with E-state index < -0.39 is 10.0 Å². The summed E-state index contributed by atoms with van der Waals surface area (Å²) in [5, 5.41) is 6.48. The molecule has 1 aromatic heterocycles. The van der Waals surface area contributed by atoms with Gasteiger partial charge in [-0.25, -0.2) is 13.1 Å². The predicted octanol–water partition coefficient (Wildman–Crippen LogP) is -0.720. The number of aromatic nitrogens is 2. The van der Waals surface area contributed by atoms with Crippen LogP contribution in [-0.4, -0.2) is 44.9 Å². The molecule has 0 amide bonds. The Labute approximate surface area is 101 Å². The average Bonchev–Trinajstić information content (AvgIpc) is 2.58. The Kier molecular flexibility index (Phi) is 5.06. The monoisotopic (exact) mass is 262 g/mol. The van der Waals surface area contributed by atoms with E-state index in [1.54, 1.807) is 13.8 Å². The Morgan fingerprint density at radius 3 is 2.65 bits per heavy atom. The molecule has 0 aromatic carbocycles. The smallest absolute Gasteiger partial charge is 0.244 e. The molecule has 0 spiro atoms. The summed E-state index contributed by atoms with van der Waals surface area (Å²) < 4.78 is 31.4. The van der Waals surface area contributed by atoms with Crippen LogP contribution in [0, 0.1) is 13.8 Å². The molecule has 7 nitrogen and oxygen atoms in total. The zero-order valence-electron chi connectivity index (χ0n) is 9.99. The third-order valence-corrected chi connectivity index (χ3v) is 3.85. The fraction of sp³-hybridized carbons (Fsp3) is 0.667. The van der Waals surface area contributed by atoms with E-state index in [9.17, 15) is 8.42 Å². The summed E-state index contributed by atoms with van der Waals surface area (Å²) in [5.41, 5.74) is 6.22. The minimum absolute atomic E-state index is 0.205. The first-order valence-corrected chi connectivity index (χ1v) is 6.76. The summed E-state index contributed by atoms with van der Waals surface area (Å²) in [5.74, 6) is 0. The van der Waals surface area contributed by atoms with Crippen molar-refractivity contribution < 1.29 is 13.2 Å². The van der Waals surface area contributed by atoms with Gasteiger partial charge in [0.25, 0.3) is 0 Å². The van der Waals surface area contributed by atoms with Crippen LogP contribution in [0.2, 0.25) is 0 Å². The van der Waals surface area contributed by atoms with Gasteiger partial charge in [0.1, 0.15) is 4.90 Å². The minimum atomic E-state index is -3.52. The number of nitrogens with one attached hydrogen (secondary N) is 2. The lowest BCUT2D eigenvalue weighted by atomic mass is 10.4. The number of ether oxygens (including phenoxy) is 1. The van der Waals surface area contributed by atoms with E-state index in [1.807, 2.05) is 0 Å². The fourth-order valence-corrected chi connectivity index (χ4v) is 2.82. The number of hydrogen-bond donors (Lipinski definition) is 3. The summed E-state index contributed by atoms with van der Waals surface area (Å²) in [6, 6.07) is 0. The van der Waals surface area contributed by atoms with Gasteiger partial charge in [-0.05, 0) is 13.8 Å². The first kappa shape index (κ1) is 14.1. The highest BCUT2D eigenvalue weighted by molar-refractivity contribution is 7.89. The lowest BCUT2D eigenvalue weighted by Gasteiger charge is -2.07. The number of H-pyrrole nitrogens is 1. The number of rotatable bonds is 7. The van der Waals surface area contributed by atoms with Gasteiger partial charge in [-0.3, -0.25) is 5.10 Å². The molecule has 98 valence electrons. The second-order valence-corrected chi connectivity index (χ2v) is 5.27. The molecular formula is C9H18N4O3S. The highest BCUT2D eigenvalue weighted by Gasteiger charge is 2.21. The standard InChI is InChI=1S/C9H18N4O3S/c1-7-9(8(2)13-12-7)17(14,15)11-4-6-16-5-3-10/h11H,3-6,10H2,1-2H3,(H,12,13). The SMILES string of the molecule is Cc1n[nH]c(C)c1S(=O)(=O)NCCOCCN. The van der Waals surface area contributed by atoms with Gasteiger partial charge in [0.15, 0.2) is 0 Å². The van der Waals surface area contributed by atoms with E-state index >= 15 is 0 Å². The van der Waals surface area contributed by atoms with Crippen molar-refractivity contribution >= 4 is 10.0 Å². The van der Waals surface area contributed by atoms with Crippen LogP contribution in [-0.2, 0) is 14.8 Å². The van der Waals surface area contributed by atoms with E-state index in [0.717, 1.165) is 0 Å². The molecule has 0 saturated heterocycles. The first-order valence-electron chi connectivity index (χ1n) is 5.28. The van der Waals surface area contributed by atoms with Crippen molar-refractivity contribution in [3.05, 3.63) is 11.4 Å². The van der Waals surface area contributed by atoms with E-state index in [2.05, 4.69) is 14.9 Å². The van der Waals surface area contributed by atoms with Crippen molar-refractivity contribution in [3.63, 3.8) is 0 Å². The molecule has 0 bridgehead atoms. The maximum Gasteiger partial charge on any atom is 0.244 e. The van der Waals surface area contributed by atoms with Gasteiger partial charge >= 0.3 is 0 Å². The molecule has 17 heavy (non-hydrogen) atoms. The number of nitrogens with two attached hydrogens (primary N) is 1. The maximum absolute atomic E-state index is 11.9. The van der Waals surface area contributed by atoms with Gasteiger partial charge < -0.3 is 10.5 Å². The predicted molar refractivity (Wildman–Crippen MR) is 63.1 cm³/mol. The number of hydrogen-bond acceptors (Lipinski definition) is 5. The van der Waals surface area contributed by atoms with Gasteiger partial charge in [-0.2, -0.15) is 5.10 Å². The Bertz CT molecular complexity index is 435. The first-order chi connectivity index (χ1) is 7.99. The molecule has 8 heteroatoms. The Morgan fingerprint density at radius 1 is 1.41 bits per heavy atom. The van der Waals surface area contributed by atoms with Crippen molar-refractivity contribution in [2.24, 2.45) is 5.73 Å². The third-order valence-electron chi connectivity index (χ3n) is 2.13. The van der Waals surface area contributed by atoms with Crippen LogP contribution in [0.15, 0.2) is 4.90 Å². The average molecular weight is 262 g/mol. The van der Waals surface area contributed by atoms with Crippen molar-refractivity contribution in [2.45, 2.75) is 18.7 Å². The van der Waals surface area contributed by atoms with Gasteiger partial charge in [0, 0.05) is 13.1 Å². The van der Waals surface area contributed by atoms with Crippen LogP contribution in [0.25, 0.3) is 0 Å². The van der Waals surface area contributed by atoms with Gasteiger partial charge in [-0.15, -0.1) is 0 Å². The number of aryl methyl sites for hydroxylation is 2. The Balaban J connectivity index is 2.58. The van der Waals surface area contributed by atoms with Crippen LogP contribution >= 0.6 is 0 Å². The lowest BCUT2D eigenvalue weighted by Crippen LogP contribution is -2.28. The second kappa shape index (κ2) is 6.10. The third kappa shape index (κ3) is 3.77. The molecule has 1 aromatic rings. The number of sulfonamides is 1. The minimum Gasteiger partial charge on any atom is -0.379 e. The molecular weight excluding hydrogens is 244 g/mol. The maximum atomic E-state index is 11.9. The van der Waals surface area contributed by atoms with E-state index in [4.69, 9.17) is 10.5 Å². The van der Waals surface area contributed by atoms with Gasteiger partial charge in [0.05, 0.1) is 24.6 Å². The summed E-state index contributed by atoms with van der Waals surface area (Å²) in [7, 11) is -3.52. The van der Waals surface area contributed by atoms with Crippen LogP contribution in [0.5, 0.6) is 0 Å². The molecule has 0 aliphatic rings. The molecule has 1 rings (SSSR count). The van der Waals surface area contributed by atoms with E-state index in [0.29, 0.717) is 31.1 Å². The van der Waals surface area contributed by atoms with Crippen LogP contribution in [0.4, 0.5) is 0 Å². The molecule has 0 atom stereocenters. The van der Waals surface area contributed by atoms with Crippen molar-refractivity contribution in [1.82, 2.24) is 14.9 Å². The highest BCUT2D eigenvalue weighted by atomic mass is 32.2. The molecule has 0 aliphatic carbocycles. The molecule has 0 fully saturated rings. The zero-order chi connectivity index (χ0) is 12.9.